The Balaban J connectivity index is 2.09. The molecule has 2 rings (SSSR count). The molecular weight excluding hydrogens is 270 g/mol. The van der Waals surface area contributed by atoms with Crippen LogP contribution in [0.3, 0.4) is 0 Å². The number of ether oxygens (including phenoxy) is 1. The molecule has 1 unspecified atom stereocenters. The summed E-state index contributed by atoms with van der Waals surface area (Å²) >= 11 is 0. The predicted molar refractivity (Wildman–Crippen MR) is 80.3 cm³/mol. The van der Waals surface area contributed by atoms with Crippen LogP contribution in [0.1, 0.15) is 26.3 Å². The van der Waals surface area contributed by atoms with E-state index in [0.29, 0.717) is 24.8 Å². The number of carbonyl (C=O) groups excluding carboxylic acids is 1. The maximum Gasteiger partial charge on any atom is 0.273 e. The zero-order chi connectivity index (χ0) is 15.4. The second kappa shape index (κ2) is 6.39. The van der Waals surface area contributed by atoms with Gasteiger partial charge in [-0.2, -0.15) is 5.01 Å². The summed E-state index contributed by atoms with van der Waals surface area (Å²) in [6.07, 6.45) is 0.482. The number of nitrogens with zero attached hydrogens (tertiary/aromatic N) is 3. The number of hydrogen-bond acceptors (Lipinski definition) is 5. The molecule has 112 valence electrons. The third kappa shape index (κ3) is 3.59. The van der Waals surface area contributed by atoms with E-state index in [0.717, 1.165) is 5.56 Å². The molecule has 1 aliphatic rings. The molecule has 6 nitrogen and oxygen atoms in total. The number of hydrogen-bond donors (Lipinski definition) is 1. The normalized spacial score (nSPS) is 18.9. The Kier molecular flexibility index (Phi) is 4.57. The topological polar surface area (TPSA) is 74.5 Å². The number of hydrazone groups is 1. The van der Waals surface area contributed by atoms with Crippen LogP contribution in [0.4, 0.5) is 0 Å². The van der Waals surface area contributed by atoms with Gasteiger partial charge in [0.1, 0.15) is 17.6 Å². The van der Waals surface area contributed by atoms with Crippen molar-refractivity contribution in [3.63, 3.8) is 0 Å². The van der Waals surface area contributed by atoms with Crippen LogP contribution >= 0.6 is 0 Å². The molecule has 1 heterocycles. The Hall–Kier alpha value is -2.37. The molecule has 0 aliphatic carbocycles. The summed E-state index contributed by atoms with van der Waals surface area (Å²) in [6.45, 7) is 5.82. The number of benzene rings is 1. The zero-order valence-electron chi connectivity index (χ0n) is 12.4. The standard InChI is InChI=1S/C15H19N3O3/c1-4-21-11(3)17-18-10(2)16-14(15(18)20)9-12-5-7-13(19)8-6-12/h5-8,14,19H,4,9H2,1-3H3/b17-11+. The summed E-state index contributed by atoms with van der Waals surface area (Å²) in [5, 5.41) is 14.7. The van der Waals surface area contributed by atoms with Gasteiger partial charge in [-0.15, -0.1) is 5.10 Å². The van der Waals surface area contributed by atoms with Gasteiger partial charge in [-0.3, -0.25) is 9.79 Å². The van der Waals surface area contributed by atoms with Crippen LogP contribution in [0.5, 0.6) is 5.75 Å². The van der Waals surface area contributed by atoms with E-state index in [1.807, 2.05) is 6.92 Å². The van der Waals surface area contributed by atoms with E-state index in [1.165, 1.54) is 5.01 Å². The number of carbonyl (C=O) groups is 1. The highest BCUT2D eigenvalue weighted by molar-refractivity contribution is 6.05. The Bertz CT molecular complexity index is 578. The van der Waals surface area contributed by atoms with Crippen molar-refractivity contribution in [1.29, 1.82) is 0 Å². The highest BCUT2D eigenvalue weighted by atomic mass is 16.5. The van der Waals surface area contributed by atoms with Gasteiger partial charge in [-0.25, -0.2) is 0 Å². The summed E-state index contributed by atoms with van der Waals surface area (Å²) < 4.78 is 5.24. The zero-order valence-corrected chi connectivity index (χ0v) is 12.4. The maximum atomic E-state index is 12.3. The fourth-order valence-corrected chi connectivity index (χ4v) is 2.12. The van der Waals surface area contributed by atoms with E-state index in [2.05, 4.69) is 10.1 Å². The quantitative estimate of drug-likeness (QED) is 0.680. The van der Waals surface area contributed by atoms with Gasteiger partial charge in [0.25, 0.3) is 5.91 Å². The van der Waals surface area contributed by atoms with Gasteiger partial charge in [0.05, 0.1) is 6.61 Å². The first kappa shape index (κ1) is 15.0. The van der Waals surface area contributed by atoms with Gasteiger partial charge in [0, 0.05) is 13.3 Å². The monoisotopic (exact) mass is 289 g/mol. The smallest absolute Gasteiger partial charge is 0.273 e. The van der Waals surface area contributed by atoms with Crippen LogP contribution in [0.15, 0.2) is 34.4 Å². The fraction of sp³-hybridized carbons (Fsp3) is 0.400. The van der Waals surface area contributed by atoms with Crippen molar-refractivity contribution in [1.82, 2.24) is 5.01 Å². The van der Waals surface area contributed by atoms with Crippen molar-refractivity contribution in [3.8, 4) is 5.75 Å². The number of phenols is 1. The minimum absolute atomic E-state index is 0.167. The van der Waals surface area contributed by atoms with E-state index < -0.39 is 6.04 Å². The number of amides is 1. The summed E-state index contributed by atoms with van der Waals surface area (Å²) in [6, 6.07) is 6.28. The third-order valence-electron chi connectivity index (χ3n) is 3.10. The van der Waals surface area contributed by atoms with Crippen molar-refractivity contribution < 1.29 is 14.6 Å². The van der Waals surface area contributed by atoms with Crippen LogP contribution < -0.4 is 0 Å². The van der Waals surface area contributed by atoms with E-state index in [1.54, 1.807) is 38.1 Å². The average molecular weight is 289 g/mol. The second-order valence-corrected chi connectivity index (χ2v) is 4.76. The first-order valence-corrected chi connectivity index (χ1v) is 6.85. The number of aromatic hydroxyl groups is 1. The molecule has 1 aliphatic heterocycles. The molecule has 0 fully saturated rings. The average Bonchev–Trinajstić information content (AvgIpc) is 2.69. The van der Waals surface area contributed by atoms with Gasteiger partial charge < -0.3 is 9.84 Å². The summed E-state index contributed by atoms with van der Waals surface area (Å²) in [4.78, 5) is 16.7. The fourth-order valence-electron chi connectivity index (χ4n) is 2.12. The van der Waals surface area contributed by atoms with Gasteiger partial charge in [0.2, 0.25) is 5.90 Å². The van der Waals surface area contributed by atoms with Crippen molar-refractivity contribution in [3.05, 3.63) is 29.8 Å². The highest BCUT2D eigenvalue weighted by Crippen LogP contribution is 2.18. The lowest BCUT2D eigenvalue weighted by Gasteiger charge is -2.12. The van der Waals surface area contributed by atoms with Crippen LogP contribution in [0.2, 0.25) is 0 Å². The minimum atomic E-state index is -0.479. The van der Waals surface area contributed by atoms with Gasteiger partial charge in [0.15, 0.2) is 0 Å². The second-order valence-electron chi connectivity index (χ2n) is 4.76. The van der Waals surface area contributed by atoms with E-state index in [9.17, 15) is 9.90 Å². The molecule has 21 heavy (non-hydrogen) atoms. The largest absolute Gasteiger partial charge is 0.508 e. The minimum Gasteiger partial charge on any atom is -0.508 e. The molecule has 0 spiro atoms. The molecule has 6 heteroatoms. The third-order valence-corrected chi connectivity index (χ3v) is 3.10. The molecule has 1 aromatic carbocycles. The van der Waals surface area contributed by atoms with Crippen LogP contribution in [-0.4, -0.2) is 40.4 Å². The van der Waals surface area contributed by atoms with E-state index in [-0.39, 0.29) is 11.7 Å². The molecule has 0 aromatic heterocycles. The number of amidine groups is 1. The molecule has 0 radical (unpaired) electrons. The molecule has 0 bridgehead atoms. The molecular formula is C15H19N3O3. The Morgan fingerprint density at radius 1 is 1.43 bits per heavy atom. The summed E-state index contributed by atoms with van der Waals surface area (Å²) in [5.74, 6) is 1.03. The van der Waals surface area contributed by atoms with Crippen molar-refractivity contribution in [2.45, 2.75) is 33.2 Å². The molecule has 1 aromatic rings. The van der Waals surface area contributed by atoms with Crippen molar-refractivity contribution in [2.24, 2.45) is 10.1 Å². The number of aliphatic imine (C=N–C) groups is 1. The Morgan fingerprint density at radius 2 is 2.10 bits per heavy atom. The first-order chi connectivity index (χ1) is 10.0. The summed E-state index contributed by atoms with van der Waals surface area (Å²) in [5.41, 5.74) is 0.940. The van der Waals surface area contributed by atoms with E-state index >= 15 is 0 Å². The van der Waals surface area contributed by atoms with Crippen molar-refractivity contribution >= 4 is 17.6 Å². The van der Waals surface area contributed by atoms with Gasteiger partial charge in [-0.05, 0) is 31.5 Å². The van der Waals surface area contributed by atoms with Crippen LogP contribution in [-0.2, 0) is 16.0 Å². The first-order valence-electron chi connectivity index (χ1n) is 6.85. The molecule has 0 saturated heterocycles. The van der Waals surface area contributed by atoms with Crippen molar-refractivity contribution in [2.75, 3.05) is 6.61 Å². The van der Waals surface area contributed by atoms with Crippen LogP contribution in [0, 0.1) is 0 Å². The Morgan fingerprint density at radius 3 is 2.71 bits per heavy atom. The summed E-state index contributed by atoms with van der Waals surface area (Å²) in [7, 11) is 0. The maximum absolute atomic E-state index is 12.3. The lowest BCUT2D eigenvalue weighted by Crippen LogP contribution is -2.31. The molecule has 0 saturated carbocycles. The lowest BCUT2D eigenvalue weighted by molar-refractivity contribution is -0.127. The predicted octanol–water partition coefficient (Wildman–Crippen LogP) is 1.93. The molecule has 1 atom stereocenters. The molecule has 1 amide bonds. The lowest BCUT2D eigenvalue weighted by atomic mass is 10.1. The van der Waals surface area contributed by atoms with Crippen LogP contribution in [0.25, 0.3) is 0 Å². The van der Waals surface area contributed by atoms with E-state index in [4.69, 9.17) is 4.74 Å². The number of rotatable bonds is 4. The highest BCUT2D eigenvalue weighted by Gasteiger charge is 2.32. The number of phenolic OH excluding ortho intramolecular Hbond substituents is 1. The SMILES string of the molecule is CCO/C(C)=N/N1C(=O)C(Cc2ccc(O)cc2)N=C1C. The van der Waals surface area contributed by atoms with Gasteiger partial charge >= 0.3 is 0 Å². The molecule has 1 N–H and O–H groups in total. The van der Waals surface area contributed by atoms with Gasteiger partial charge in [-0.1, -0.05) is 12.1 Å². The Labute approximate surface area is 123 Å².